The van der Waals surface area contributed by atoms with Crippen LogP contribution >= 0.6 is 11.3 Å². The number of nitrogens with one attached hydrogen (secondary N) is 1. The highest BCUT2D eigenvalue weighted by Crippen LogP contribution is 2.35. The van der Waals surface area contributed by atoms with Gasteiger partial charge in [0.2, 0.25) is 5.91 Å². The SMILES string of the molecule is CCOc1nc2cc(NC(C)=O)c(OC)cc2s1. The van der Waals surface area contributed by atoms with Crippen LogP contribution in [0.3, 0.4) is 0 Å². The van der Waals surface area contributed by atoms with Crippen molar-refractivity contribution in [3.8, 4) is 10.9 Å². The van der Waals surface area contributed by atoms with Gasteiger partial charge in [-0.25, -0.2) is 4.98 Å². The first-order valence-corrected chi connectivity index (χ1v) is 6.34. The van der Waals surface area contributed by atoms with Gasteiger partial charge in [-0.05, 0) is 13.0 Å². The Balaban J connectivity index is 2.47. The summed E-state index contributed by atoms with van der Waals surface area (Å²) in [5.41, 5.74) is 1.40. The summed E-state index contributed by atoms with van der Waals surface area (Å²) in [6.07, 6.45) is 0. The first kappa shape index (κ1) is 12.6. The number of benzene rings is 1. The number of hydrogen-bond acceptors (Lipinski definition) is 5. The molecule has 0 aliphatic carbocycles. The number of thiazole rings is 1. The lowest BCUT2D eigenvalue weighted by molar-refractivity contribution is -0.114. The third kappa shape index (κ3) is 2.53. The largest absolute Gasteiger partial charge is 0.495 e. The molecular formula is C12H14N2O3S. The first-order chi connectivity index (χ1) is 8.63. The smallest absolute Gasteiger partial charge is 0.274 e. The number of anilines is 1. The summed E-state index contributed by atoms with van der Waals surface area (Å²) in [5, 5.41) is 3.34. The second-order valence-corrected chi connectivity index (χ2v) is 4.61. The Hall–Kier alpha value is -1.82. The standard InChI is InChI=1S/C12H14N2O3S/c1-4-17-12-14-9-5-8(13-7(2)15)10(16-3)6-11(9)18-12/h5-6H,4H2,1-3H3,(H,13,15). The zero-order valence-electron chi connectivity index (χ0n) is 10.4. The molecule has 18 heavy (non-hydrogen) atoms. The molecule has 1 aromatic carbocycles. The van der Waals surface area contributed by atoms with Gasteiger partial charge in [0.05, 0.1) is 29.6 Å². The summed E-state index contributed by atoms with van der Waals surface area (Å²) >= 11 is 1.45. The molecule has 0 spiro atoms. The van der Waals surface area contributed by atoms with Crippen molar-refractivity contribution in [2.45, 2.75) is 13.8 Å². The Morgan fingerprint density at radius 2 is 2.28 bits per heavy atom. The van der Waals surface area contributed by atoms with Gasteiger partial charge in [0, 0.05) is 13.0 Å². The van der Waals surface area contributed by atoms with Gasteiger partial charge in [-0.1, -0.05) is 11.3 Å². The van der Waals surface area contributed by atoms with E-state index in [2.05, 4.69) is 10.3 Å². The van der Waals surface area contributed by atoms with E-state index in [-0.39, 0.29) is 5.91 Å². The minimum Gasteiger partial charge on any atom is -0.495 e. The number of nitrogens with zero attached hydrogens (tertiary/aromatic N) is 1. The summed E-state index contributed by atoms with van der Waals surface area (Å²) in [7, 11) is 1.57. The van der Waals surface area contributed by atoms with Gasteiger partial charge >= 0.3 is 0 Å². The molecule has 0 saturated heterocycles. The second kappa shape index (κ2) is 5.22. The number of fused-ring (bicyclic) bond motifs is 1. The molecule has 96 valence electrons. The first-order valence-electron chi connectivity index (χ1n) is 5.53. The third-order valence-corrected chi connectivity index (χ3v) is 3.20. The van der Waals surface area contributed by atoms with Crippen LogP contribution in [-0.2, 0) is 4.79 Å². The van der Waals surface area contributed by atoms with Crippen molar-refractivity contribution in [1.29, 1.82) is 0 Å². The van der Waals surface area contributed by atoms with Gasteiger partial charge in [-0.2, -0.15) is 0 Å². The molecule has 0 aliphatic heterocycles. The van der Waals surface area contributed by atoms with E-state index in [0.717, 1.165) is 10.2 Å². The fraction of sp³-hybridized carbons (Fsp3) is 0.333. The van der Waals surface area contributed by atoms with Crippen LogP contribution in [0.1, 0.15) is 13.8 Å². The maximum atomic E-state index is 11.1. The molecule has 2 rings (SSSR count). The van der Waals surface area contributed by atoms with E-state index < -0.39 is 0 Å². The molecule has 1 heterocycles. The fourth-order valence-corrected chi connectivity index (χ4v) is 2.46. The van der Waals surface area contributed by atoms with Crippen LogP contribution in [0.4, 0.5) is 5.69 Å². The molecule has 0 bridgehead atoms. The number of amides is 1. The van der Waals surface area contributed by atoms with E-state index in [1.54, 1.807) is 13.2 Å². The van der Waals surface area contributed by atoms with Crippen LogP contribution in [0.5, 0.6) is 10.9 Å². The minimum atomic E-state index is -0.145. The van der Waals surface area contributed by atoms with Crippen molar-refractivity contribution in [2.75, 3.05) is 19.0 Å². The van der Waals surface area contributed by atoms with Crippen molar-refractivity contribution in [1.82, 2.24) is 4.98 Å². The molecule has 5 nitrogen and oxygen atoms in total. The van der Waals surface area contributed by atoms with E-state index in [9.17, 15) is 4.79 Å². The predicted octanol–water partition coefficient (Wildman–Crippen LogP) is 2.66. The Labute approximate surface area is 109 Å². The van der Waals surface area contributed by atoms with Crippen molar-refractivity contribution in [3.63, 3.8) is 0 Å². The summed E-state index contributed by atoms with van der Waals surface area (Å²) in [4.78, 5) is 15.5. The fourth-order valence-electron chi connectivity index (χ4n) is 1.58. The number of hydrogen-bond donors (Lipinski definition) is 1. The molecule has 1 N–H and O–H groups in total. The molecule has 6 heteroatoms. The monoisotopic (exact) mass is 266 g/mol. The van der Waals surface area contributed by atoms with Gasteiger partial charge in [0.1, 0.15) is 5.75 Å². The van der Waals surface area contributed by atoms with Crippen LogP contribution in [0.2, 0.25) is 0 Å². The van der Waals surface area contributed by atoms with E-state index in [1.165, 1.54) is 18.3 Å². The molecule has 0 fully saturated rings. The quantitative estimate of drug-likeness (QED) is 0.924. The van der Waals surface area contributed by atoms with Crippen LogP contribution in [0.25, 0.3) is 10.2 Å². The lowest BCUT2D eigenvalue weighted by Gasteiger charge is -2.08. The van der Waals surface area contributed by atoms with Gasteiger partial charge in [0.25, 0.3) is 5.19 Å². The van der Waals surface area contributed by atoms with Crippen LogP contribution in [-0.4, -0.2) is 24.6 Å². The number of methoxy groups -OCH3 is 1. The van der Waals surface area contributed by atoms with Crippen LogP contribution in [0.15, 0.2) is 12.1 Å². The topological polar surface area (TPSA) is 60.5 Å². The highest BCUT2D eigenvalue weighted by Gasteiger charge is 2.11. The van der Waals surface area contributed by atoms with E-state index in [1.807, 2.05) is 13.0 Å². The average molecular weight is 266 g/mol. The molecule has 0 radical (unpaired) electrons. The Morgan fingerprint density at radius 3 is 2.89 bits per heavy atom. The highest BCUT2D eigenvalue weighted by molar-refractivity contribution is 7.20. The molecule has 0 unspecified atom stereocenters. The molecule has 0 saturated carbocycles. The summed E-state index contributed by atoms with van der Waals surface area (Å²) in [5.74, 6) is 0.470. The molecule has 1 amide bonds. The van der Waals surface area contributed by atoms with Gasteiger partial charge in [0.15, 0.2) is 0 Å². The van der Waals surface area contributed by atoms with Crippen molar-refractivity contribution in [3.05, 3.63) is 12.1 Å². The Bertz CT molecular complexity index is 580. The number of carbonyl (C=O) groups is 1. The number of aromatic nitrogens is 1. The van der Waals surface area contributed by atoms with Crippen molar-refractivity contribution in [2.24, 2.45) is 0 Å². The van der Waals surface area contributed by atoms with E-state index in [0.29, 0.717) is 23.2 Å². The number of ether oxygens (including phenoxy) is 2. The van der Waals surface area contributed by atoms with Crippen molar-refractivity contribution < 1.29 is 14.3 Å². The lowest BCUT2D eigenvalue weighted by atomic mass is 10.2. The van der Waals surface area contributed by atoms with Crippen molar-refractivity contribution >= 4 is 33.1 Å². The van der Waals surface area contributed by atoms with Crippen LogP contribution < -0.4 is 14.8 Å². The molecular weight excluding hydrogens is 252 g/mol. The Kier molecular flexibility index (Phi) is 3.66. The number of rotatable bonds is 4. The molecule has 0 aliphatic rings. The second-order valence-electron chi connectivity index (χ2n) is 3.61. The molecule has 1 aromatic heterocycles. The maximum Gasteiger partial charge on any atom is 0.274 e. The summed E-state index contributed by atoms with van der Waals surface area (Å²) in [6, 6.07) is 3.63. The van der Waals surface area contributed by atoms with E-state index in [4.69, 9.17) is 9.47 Å². The zero-order chi connectivity index (χ0) is 13.1. The van der Waals surface area contributed by atoms with Crippen LogP contribution in [0, 0.1) is 0 Å². The van der Waals surface area contributed by atoms with Gasteiger partial charge in [-0.3, -0.25) is 4.79 Å². The molecule has 2 aromatic rings. The van der Waals surface area contributed by atoms with Gasteiger partial charge < -0.3 is 14.8 Å². The number of carbonyl (C=O) groups excluding carboxylic acids is 1. The summed E-state index contributed by atoms with van der Waals surface area (Å²) in [6.45, 7) is 3.95. The predicted molar refractivity (Wildman–Crippen MR) is 71.6 cm³/mol. The maximum absolute atomic E-state index is 11.1. The van der Waals surface area contributed by atoms with E-state index >= 15 is 0 Å². The van der Waals surface area contributed by atoms with Gasteiger partial charge in [-0.15, -0.1) is 0 Å². The third-order valence-electron chi connectivity index (χ3n) is 2.27. The minimum absolute atomic E-state index is 0.145. The normalized spacial score (nSPS) is 10.4. The summed E-state index contributed by atoms with van der Waals surface area (Å²) < 4.78 is 11.6. The highest BCUT2D eigenvalue weighted by atomic mass is 32.1. The lowest BCUT2D eigenvalue weighted by Crippen LogP contribution is -2.06. The average Bonchev–Trinajstić information content (AvgIpc) is 2.69. The molecule has 0 atom stereocenters. The Morgan fingerprint density at radius 1 is 1.50 bits per heavy atom. The zero-order valence-corrected chi connectivity index (χ0v) is 11.3.